The van der Waals surface area contributed by atoms with Crippen LogP contribution in [0.2, 0.25) is 0 Å². The third kappa shape index (κ3) is 5.34. The molecule has 1 aromatic carbocycles. The number of alkyl halides is 2. The molecule has 1 aromatic rings. The quantitative estimate of drug-likeness (QED) is 0.765. The molecule has 0 aliphatic carbocycles. The molecule has 2 aliphatic rings. The first kappa shape index (κ1) is 20.8. The SMILES string of the molecule is CC(C)N1CCCN(C(=O)C2CCN(c3cccc(OC(F)F)c3)CC2)CC1. The van der Waals surface area contributed by atoms with Crippen LogP contribution in [0.5, 0.6) is 5.75 Å². The van der Waals surface area contributed by atoms with Crippen LogP contribution in [0, 0.1) is 5.92 Å². The normalized spacial score (nSPS) is 19.9. The van der Waals surface area contributed by atoms with Gasteiger partial charge in [-0.25, -0.2) is 0 Å². The lowest BCUT2D eigenvalue weighted by molar-refractivity contribution is -0.136. The van der Waals surface area contributed by atoms with Crippen molar-refractivity contribution >= 4 is 11.6 Å². The number of carbonyl (C=O) groups is 1. The number of nitrogens with zero attached hydrogens (tertiary/aromatic N) is 3. The Balaban J connectivity index is 1.53. The van der Waals surface area contributed by atoms with Crippen molar-refractivity contribution in [1.82, 2.24) is 9.80 Å². The molecule has 0 aromatic heterocycles. The number of halogens is 2. The highest BCUT2D eigenvalue weighted by atomic mass is 19.3. The van der Waals surface area contributed by atoms with Gasteiger partial charge >= 0.3 is 6.61 Å². The van der Waals surface area contributed by atoms with Crippen LogP contribution >= 0.6 is 0 Å². The zero-order chi connectivity index (χ0) is 20.1. The van der Waals surface area contributed by atoms with Gasteiger partial charge in [0.05, 0.1) is 0 Å². The van der Waals surface area contributed by atoms with Gasteiger partial charge in [-0.2, -0.15) is 8.78 Å². The second-order valence-corrected chi connectivity index (χ2v) is 7.95. The zero-order valence-corrected chi connectivity index (χ0v) is 16.8. The van der Waals surface area contributed by atoms with Crippen LogP contribution in [-0.4, -0.2) is 67.6 Å². The lowest BCUT2D eigenvalue weighted by Crippen LogP contribution is -2.44. The first-order valence-electron chi connectivity index (χ1n) is 10.3. The third-order valence-electron chi connectivity index (χ3n) is 5.82. The van der Waals surface area contributed by atoms with E-state index in [-0.39, 0.29) is 17.6 Å². The number of hydrogen-bond donors (Lipinski definition) is 0. The predicted octanol–water partition coefficient (Wildman–Crippen LogP) is 3.45. The molecule has 2 fully saturated rings. The molecule has 2 saturated heterocycles. The fourth-order valence-corrected chi connectivity index (χ4v) is 4.17. The van der Waals surface area contributed by atoms with Gasteiger partial charge in [-0.05, 0) is 45.2 Å². The highest BCUT2D eigenvalue weighted by Crippen LogP contribution is 2.28. The fraction of sp³-hybridized carbons (Fsp3) is 0.667. The van der Waals surface area contributed by atoms with Gasteiger partial charge in [0.25, 0.3) is 0 Å². The summed E-state index contributed by atoms with van der Waals surface area (Å²) >= 11 is 0. The molecule has 0 saturated carbocycles. The van der Waals surface area contributed by atoms with E-state index in [2.05, 4.69) is 28.4 Å². The molecule has 3 rings (SSSR count). The second-order valence-electron chi connectivity index (χ2n) is 7.95. The van der Waals surface area contributed by atoms with Gasteiger partial charge in [-0.15, -0.1) is 0 Å². The monoisotopic (exact) mass is 395 g/mol. The fourth-order valence-electron chi connectivity index (χ4n) is 4.17. The Morgan fingerprint density at radius 1 is 1.07 bits per heavy atom. The number of carbonyl (C=O) groups excluding carboxylic acids is 1. The molecule has 0 spiro atoms. The lowest BCUT2D eigenvalue weighted by atomic mass is 9.94. The molecule has 2 aliphatic heterocycles. The number of benzene rings is 1. The number of piperidine rings is 1. The van der Waals surface area contributed by atoms with E-state index >= 15 is 0 Å². The number of anilines is 1. The molecule has 28 heavy (non-hydrogen) atoms. The van der Waals surface area contributed by atoms with Crippen molar-refractivity contribution in [2.45, 2.75) is 45.8 Å². The number of hydrogen-bond acceptors (Lipinski definition) is 4. The van der Waals surface area contributed by atoms with Crippen molar-refractivity contribution in [3.05, 3.63) is 24.3 Å². The Morgan fingerprint density at radius 3 is 2.50 bits per heavy atom. The molecule has 5 nitrogen and oxygen atoms in total. The van der Waals surface area contributed by atoms with Crippen LogP contribution in [0.25, 0.3) is 0 Å². The molecule has 0 atom stereocenters. The first-order valence-corrected chi connectivity index (χ1v) is 10.3. The van der Waals surface area contributed by atoms with Gasteiger partial charge in [0, 0.05) is 63.0 Å². The van der Waals surface area contributed by atoms with Crippen LogP contribution < -0.4 is 9.64 Å². The number of rotatable bonds is 5. The summed E-state index contributed by atoms with van der Waals surface area (Å²) in [6.45, 7) is 6.73. The molecule has 1 amide bonds. The Bertz CT molecular complexity index is 648. The molecule has 0 N–H and O–H groups in total. The molecule has 2 heterocycles. The molecule has 0 bridgehead atoms. The highest BCUT2D eigenvalue weighted by molar-refractivity contribution is 5.79. The minimum Gasteiger partial charge on any atom is -0.435 e. The average Bonchev–Trinajstić information content (AvgIpc) is 2.94. The summed E-state index contributed by atoms with van der Waals surface area (Å²) in [7, 11) is 0. The Labute approximate surface area is 166 Å². The smallest absolute Gasteiger partial charge is 0.387 e. The summed E-state index contributed by atoms with van der Waals surface area (Å²) in [6.07, 6.45) is 2.62. The standard InChI is InChI=1S/C21H31F2N3O2/c1-16(2)24-9-4-10-26(14-13-24)20(27)17-7-11-25(12-8-17)18-5-3-6-19(15-18)28-21(22)23/h3,5-6,15-17,21H,4,7-14H2,1-2H3. The molecular weight excluding hydrogens is 364 g/mol. The van der Waals surface area contributed by atoms with Crippen LogP contribution in [0.4, 0.5) is 14.5 Å². The first-order chi connectivity index (χ1) is 13.4. The topological polar surface area (TPSA) is 36.0 Å². The minimum absolute atomic E-state index is 0.0577. The van der Waals surface area contributed by atoms with E-state index in [4.69, 9.17) is 0 Å². The van der Waals surface area contributed by atoms with E-state index < -0.39 is 6.61 Å². The van der Waals surface area contributed by atoms with E-state index in [1.54, 1.807) is 12.1 Å². The summed E-state index contributed by atoms with van der Waals surface area (Å²) in [4.78, 5) is 19.6. The largest absolute Gasteiger partial charge is 0.435 e. The van der Waals surface area contributed by atoms with Crippen molar-refractivity contribution in [3.63, 3.8) is 0 Å². The van der Waals surface area contributed by atoms with Crippen LogP contribution in [0.15, 0.2) is 24.3 Å². The predicted molar refractivity (Wildman–Crippen MR) is 106 cm³/mol. The van der Waals surface area contributed by atoms with Crippen molar-refractivity contribution in [3.8, 4) is 5.75 Å². The van der Waals surface area contributed by atoms with E-state index in [9.17, 15) is 13.6 Å². The van der Waals surface area contributed by atoms with Crippen LogP contribution in [-0.2, 0) is 4.79 Å². The molecule has 7 heteroatoms. The third-order valence-corrected chi connectivity index (χ3v) is 5.82. The van der Waals surface area contributed by atoms with E-state index in [0.29, 0.717) is 6.04 Å². The van der Waals surface area contributed by atoms with E-state index in [1.165, 1.54) is 6.07 Å². The van der Waals surface area contributed by atoms with Crippen LogP contribution in [0.3, 0.4) is 0 Å². The van der Waals surface area contributed by atoms with Gasteiger partial charge in [0.2, 0.25) is 5.91 Å². The average molecular weight is 395 g/mol. The van der Waals surface area contributed by atoms with Gasteiger partial charge in [0.15, 0.2) is 0 Å². The Kier molecular flexibility index (Phi) is 7.10. The van der Waals surface area contributed by atoms with Crippen molar-refractivity contribution in [2.24, 2.45) is 5.92 Å². The Morgan fingerprint density at radius 2 is 1.82 bits per heavy atom. The van der Waals surface area contributed by atoms with Gasteiger partial charge in [-0.1, -0.05) is 6.07 Å². The number of ether oxygens (including phenoxy) is 1. The van der Waals surface area contributed by atoms with Gasteiger partial charge in [-0.3, -0.25) is 9.69 Å². The summed E-state index contributed by atoms with van der Waals surface area (Å²) in [5, 5.41) is 0. The summed E-state index contributed by atoms with van der Waals surface area (Å²) < 4.78 is 29.4. The van der Waals surface area contributed by atoms with Gasteiger partial charge in [0.1, 0.15) is 5.75 Å². The van der Waals surface area contributed by atoms with Crippen molar-refractivity contribution in [1.29, 1.82) is 0 Å². The summed E-state index contributed by atoms with van der Waals surface area (Å²) in [6, 6.07) is 7.32. The molecule has 0 radical (unpaired) electrons. The van der Waals surface area contributed by atoms with Crippen molar-refractivity contribution in [2.75, 3.05) is 44.2 Å². The van der Waals surface area contributed by atoms with E-state index in [0.717, 1.165) is 64.2 Å². The molecule has 0 unspecified atom stereocenters. The molecular formula is C21H31F2N3O2. The maximum atomic E-state index is 13.0. The summed E-state index contributed by atoms with van der Waals surface area (Å²) in [5.41, 5.74) is 0.867. The number of amides is 1. The lowest BCUT2D eigenvalue weighted by Gasteiger charge is -2.35. The summed E-state index contributed by atoms with van der Waals surface area (Å²) in [5.74, 6) is 0.507. The molecule has 156 valence electrons. The van der Waals surface area contributed by atoms with Crippen molar-refractivity contribution < 1.29 is 18.3 Å². The maximum absolute atomic E-state index is 13.0. The minimum atomic E-state index is -2.82. The second kappa shape index (κ2) is 9.54. The Hall–Kier alpha value is -1.89. The van der Waals surface area contributed by atoms with E-state index in [1.807, 2.05) is 11.0 Å². The zero-order valence-electron chi connectivity index (χ0n) is 16.8. The highest BCUT2D eigenvalue weighted by Gasteiger charge is 2.30. The van der Waals surface area contributed by atoms with Gasteiger partial charge < -0.3 is 14.5 Å². The maximum Gasteiger partial charge on any atom is 0.387 e. The van der Waals surface area contributed by atoms with Crippen LogP contribution in [0.1, 0.15) is 33.1 Å².